The fraction of sp³-hybridized carbons (Fsp3) is 0.314. The van der Waals surface area contributed by atoms with Crippen LogP contribution in [0.5, 0.6) is 0 Å². The summed E-state index contributed by atoms with van der Waals surface area (Å²) in [5.41, 5.74) is 9.73. The van der Waals surface area contributed by atoms with Gasteiger partial charge >= 0.3 is 0 Å². The molecule has 3 aromatic rings. The number of anilines is 2. The van der Waals surface area contributed by atoms with Crippen LogP contribution in [-0.2, 0) is 0 Å². The largest absolute Gasteiger partial charge is 0.373 e. The van der Waals surface area contributed by atoms with Crippen LogP contribution in [0.3, 0.4) is 0 Å². The molecule has 4 N–H and O–H groups in total. The number of nitriles is 1. The number of nitrogens with one attached hydrogen (secondary N) is 4. The summed E-state index contributed by atoms with van der Waals surface area (Å²) in [6.45, 7) is 9.90. The first kappa shape index (κ1) is 32.8. The molecule has 1 aromatic heterocycles. The summed E-state index contributed by atoms with van der Waals surface area (Å²) < 4.78 is 28.2. The van der Waals surface area contributed by atoms with E-state index in [2.05, 4.69) is 75.4 Å². The van der Waals surface area contributed by atoms with Crippen molar-refractivity contribution in [2.24, 2.45) is 0 Å². The van der Waals surface area contributed by atoms with E-state index < -0.39 is 11.7 Å². The lowest BCUT2D eigenvalue weighted by Gasteiger charge is -2.42. The number of fused-ring (bicyclic) bond motifs is 1. The molecule has 3 heterocycles. The van der Waals surface area contributed by atoms with Gasteiger partial charge in [0.25, 0.3) is 0 Å². The molecule has 11 heteroatoms. The lowest BCUT2D eigenvalue weighted by Crippen LogP contribution is -2.52. The predicted octanol–water partition coefficient (Wildman–Crippen LogP) is 7.44. The molecule has 46 heavy (non-hydrogen) atoms. The van der Waals surface area contributed by atoms with Gasteiger partial charge in [0.2, 0.25) is 0 Å². The van der Waals surface area contributed by atoms with Gasteiger partial charge in [-0.15, -0.1) is 12.0 Å². The number of hydrazine groups is 2. The molecule has 1 atom stereocenters. The van der Waals surface area contributed by atoms with Gasteiger partial charge in [0.1, 0.15) is 11.8 Å². The first-order valence-corrected chi connectivity index (χ1v) is 15.4. The predicted molar refractivity (Wildman–Crippen MR) is 180 cm³/mol. The fourth-order valence-corrected chi connectivity index (χ4v) is 6.02. The highest BCUT2D eigenvalue weighted by molar-refractivity contribution is 6.35. The molecule has 0 spiro atoms. The number of nitrogens with zero attached hydrogens (tertiary/aromatic N) is 4. The molecule has 5 rings (SSSR count). The molecule has 0 unspecified atom stereocenters. The van der Waals surface area contributed by atoms with Crippen molar-refractivity contribution in [3.63, 3.8) is 0 Å². The Labute approximate surface area is 273 Å². The van der Waals surface area contributed by atoms with Crippen molar-refractivity contribution in [1.29, 1.82) is 5.26 Å². The SMILES string of the molecule is C#C/C(Nc1c(C#N)cnc2c(Cl)cc(N[C@H](C3=CN(C4CCN(C(C)(C)C)CC4)NN3)c3ccccc3)cc12)=C(F)\C=C(/C)F. The van der Waals surface area contributed by atoms with E-state index in [1.165, 1.54) is 6.20 Å². The van der Waals surface area contributed by atoms with Crippen molar-refractivity contribution in [3.8, 4) is 18.4 Å². The second kappa shape index (κ2) is 13.8. The summed E-state index contributed by atoms with van der Waals surface area (Å²) >= 11 is 6.74. The monoisotopic (exact) mass is 642 g/mol. The van der Waals surface area contributed by atoms with Crippen LogP contribution >= 0.6 is 11.6 Å². The van der Waals surface area contributed by atoms with Crippen LogP contribution < -0.4 is 21.6 Å². The zero-order valence-corrected chi connectivity index (χ0v) is 27.0. The van der Waals surface area contributed by atoms with Crippen LogP contribution in [0.15, 0.2) is 84.0 Å². The van der Waals surface area contributed by atoms with Gasteiger partial charge in [-0.3, -0.25) is 14.9 Å². The van der Waals surface area contributed by atoms with Gasteiger partial charge in [0.15, 0.2) is 5.83 Å². The summed E-state index contributed by atoms with van der Waals surface area (Å²) in [7, 11) is 0. The van der Waals surface area contributed by atoms with E-state index in [-0.39, 0.29) is 28.5 Å². The maximum atomic E-state index is 14.8. The smallest absolute Gasteiger partial charge is 0.157 e. The van der Waals surface area contributed by atoms with Gasteiger partial charge in [-0.05, 0) is 64.2 Å². The van der Waals surface area contributed by atoms with E-state index >= 15 is 0 Å². The number of rotatable bonds is 8. The molecule has 8 nitrogen and oxygen atoms in total. The van der Waals surface area contributed by atoms with Crippen LogP contribution in [0.1, 0.15) is 57.7 Å². The molecular formula is C35H37ClF2N8. The molecule has 0 amide bonds. The number of hydrogen-bond donors (Lipinski definition) is 4. The maximum absolute atomic E-state index is 14.8. The van der Waals surface area contributed by atoms with Gasteiger partial charge in [-0.2, -0.15) is 5.26 Å². The van der Waals surface area contributed by atoms with Crippen LogP contribution in [0.4, 0.5) is 20.2 Å². The molecule has 2 aliphatic heterocycles. The van der Waals surface area contributed by atoms with Gasteiger partial charge in [-0.25, -0.2) is 8.78 Å². The topological polar surface area (TPSA) is 91.3 Å². The minimum Gasteiger partial charge on any atom is -0.373 e. The first-order chi connectivity index (χ1) is 22.0. The zero-order chi connectivity index (χ0) is 33.0. The van der Waals surface area contributed by atoms with Crippen molar-refractivity contribution >= 4 is 33.9 Å². The fourth-order valence-electron chi connectivity index (χ4n) is 5.75. The lowest BCUT2D eigenvalue weighted by atomic mass is 9.98. The maximum Gasteiger partial charge on any atom is 0.157 e. The molecule has 0 aliphatic carbocycles. The quantitative estimate of drug-likeness (QED) is 0.149. The summed E-state index contributed by atoms with van der Waals surface area (Å²) in [6, 6.07) is 15.6. The van der Waals surface area contributed by atoms with Gasteiger partial charge in [0.05, 0.1) is 39.4 Å². The van der Waals surface area contributed by atoms with E-state index in [0.29, 0.717) is 33.7 Å². The molecular weight excluding hydrogens is 606 g/mol. The standard InChI is InChI=1S/C35H37ClF2N8/c1-6-30(29(38)16-22(2)37)42-32-24(19-39)20-40-34-27(32)17-25(18-28(34)36)41-33(23-10-8-7-9-11-23)31-21-46(44-43-31)26-12-14-45(15-13-26)35(3,4)5/h1,7-11,16-18,20-21,26,33,41,43-44H,12-15H2,2-5H3,(H,40,42)/b22-16+,30-29-/t33-/m0/s1. The van der Waals surface area contributed by atoms with Crippen LogP contribution in [0, 0.1) is 23.7 Å². The third-order valence-corrected chi connectivity index (χ3v) is 8.46. The van der Waals surface area contributed by atoms with Gasteiger partial charge < -0.3 is 16.1 Å². The Balaban J connectivity index is 1.50. The first-order valence-electron chi connectivity index (χ1n) is 15.1. The van der Waals surface area contributed by atoms with Crippen molar-refractivity contribution in [3.05, 3.63) is 100 Å². The number of hydrogen-bond acceptors (Lipinski definition) is 8. The number of terminal acetylenes is 1. The van der Waals surface area contributed by atoms with Crippen LogP contribution in [0.25, 0.3) is 10.9 Å². The Hall–Kier alpha value is -4.61. The van der Waals surface area contributed by atoms with Crippen molar-refractivity contribution in [2.45, 2.75) is 58.2 Å². The number of pyridine rings is 1. The summed E-state index contributed by atoms with van der Waals surface area (Å²) in [4.78, 5) is 6.89. The Morgan fingerprint density at radius 2 is 1.91 bits per heavy atom. The highest BCUT2D eigenvalue weighted by Crippen LogP contribution is 2.37. The third-order valence-electron chi connectivity index (χ3n) is 8.17. The van der Waals surface area contributed by atoms with E-state index in [0.717, 1.165) is 44.1 Å². The molecule has 0 radical (unpaired) electrons. The van der Waals surface area contributed by atoms with Gasteiger partial charge in [0, 0.05) is 54.2 Å². The van der Waals surface area contributed by atoms with Crippen LogP contribution in [0.2, 0.25) is 5.02 Å². The third kappa shape index (κ3) is 7.27. The number of allylic oxidation sites excluding steroid dienone is 4. The van der Waals surface area contributed by atoms with Crippen LogP contribution in [-0.4, -0.2) is 39.6 Å². The lowest BCUT2D eigenvalue weighted by molar-refractivity contribution is 0.0570. The molecule has 2 aromatic carbocycles. The molecule has 1 saturated heterocycles. The molecule has 2 aliphatic rings. The second-order valence-corrected chi connectivity index (χ2v) is 12.7. The van der Waals surface area contributed by atoms with Crippen molar-refractivity contribution < 1.29 is 8.78 Å². The Morgan fingerprint density at radius 1 is 1.20 bits per heavy atom. The normalized spacial score (nSPS) is 17.5. The minimum absolute atomic E-state index is 0.111. The van der Waals surface area contributed by atoms with E-state index in [4.69, 9.17) is 18.0 Å². The zero-order valence-electron chi connectivity index (χ0n) is 26.3. The summed E-state index contributed by atoms with van der Waals surface area (Å²) in [5.74, 6) is 0.464. The molecule has 1 fully saturated rings. The average molecular weight is 643 g/mol. The molecule has 0 bridgehead atoms. The molecule has 0 saturated carbocycles. The van der Waals surface area contributed by atoms with E-state index in [1.807, 2.05) is 30.3 Å². The number of halogens is 3. The number of benzene rings is 2. The number of piperidine rings is 1. The highest BCUT2D eigenvalue weighted by atomic mass is 35.5. The average Bonchev–Trinajstić information content (AvgIpc) is 3.52. The highest BCUT2D eigenvalue weighted by Gasteiger charge is 2.32. The Bertz CT molecular complexity index is 1770. The number of aromatic nitrogens is 1. The second-order valence-electron chi connectivity index (χ2n) is 12.3. The molecule has 238 valence electrons. The number of likely N-dealkylation sites (tertiary alicyclic amines) is 1. The Morgan fingerprint density at radius 3 is 2.54 bits per heavy atom. The summed E-state index contributed by atoms with van der Waals surface area (Å²) in [6.07, 6.45) is 11.7. The van der Waals surface area contributed by atoms with Crippen molar-refractivity contribution in [2.75, 3.05) is 23.7 Å². The summed E-state index contributed by atoms with van der Waals surface area (Å²) in [5, 5.41) is 19.1. The van der Waals surface area contributed by atoms with E-state index in [1.54, 1.807) is 12.1 Å². The van der Waals surface area contributed by atoms with E-state index in [9.17, 15) is 14.0 Å². The van der Waals surface area contributed by atoms with Gasteiger partial charge in [-0.1, -0.05) is 41.9 Å². The van der Waals surface area contributed by atoms with Crippen molar-refractivity contribution in [1.82, 2.24) is 25.9 Å². The minimum atomic E-state index is -0.985. The Kier molecular flexibility index (Phi) is 9.83.